The molecule has 2 N–H and O–H groups in total. The molecule has 0 spiro atoms. The van der Waals surface area contributed by atoms with Crippen molar-refractivity contribution in [2.24, 2.45) is 7.05 Å². The Hall–Kier alpha value is -2.62. The largest absolute Gasteiger partial charge is 0.493 e. The van der Waals surface area contributed by atoms with E-state index in [0.717, 1.165) is 17.7 Å². The van der Waals surface area contributed by atoms with Gasteiger partial charge < -0.3 is 14.3 Å². The molecular formula is C18H18N2O6S. The summed E-state index contributed by atoms with van der Waals surface area (Å²) in [7, 11) is -2.37. The van der Waals surface area contributed by atoms with Crippen molar-refractivity contribution in [2.45, 2.75) is 17.4 Å². The van der Waals surface area contributed by atoms with E-state index in [1.165, 1.54) is 29.8 Å². The number of aryl methyl sites for hydroxylation is 1. The summed E-state index contributed by atoms with van der Waals surface area (Å²) in [5.74, 6) is 0.231. The number of nitrogens with one attached hydrogen (secondary N) is 1. The number of rotatable bonds is 5. The first-order valence-electron chi connectivity index (χ1n) is 8.38. The fraction of sp³-hybridized carbons (Fsp3) is 0.278. The van der Waals surface area contributed by atoms with Gasteiger partial charge in [-0.3, -0.25) is 4.57 Å². The summed E-state index contributed by atoms with van der Waals surface area (Å²) in [6.45, 7) is 0.435. The molecule has 0 saturated carbocycles. The van der Waals surface area contributed by atoms with Gasteiger partial charge in [0.05, 0.1) is 23.1 Å². The molecular weight excluding hydrogens is 372 g/mol. The van der Waals surface area contributed by atoms with Crippen LogP contribution in [0.4, 0.5) is 0 Å². The molecule has 2 heterocycles. The standard InChI is InChI=1S/C18H18N2O6S/c1-20-14-9-13(3-5-17(14)26-18(20)22)27(23,24)19-10-15(21)11-2-4-16-12(8-11)6-7-25-16/h2-5,8-9,15,19,21H,6-7,10H2,1H3/t15-/m0/s1. The zero-order valence-electron chi connectivity index (χ0n) is 14.5. The van der Waals surface area contributed by atoms with Crippen LogP contribution in [-0.4, -0.2) is 31.2 Å². The van der Waals surface area contributed by atoms with Gasteiger partial charge in [-0.2, -0.15) is 0 Å². The summed E-state index contributed by atoms with van der Waals surface area (Å²) < 4.78 is 39.2. The van der Waals surface area contributed by atoms with E-state index < -0.39 is 21.9 Å². The van der Waals surface area contributed by atoms with E-state index in [-0.39, 0.29) is 11.4 Å². The summed E-state index contributed by atoms with van der Waals surface area (Å²) in [6, 6.07) is 9.48. The number of fused-ring (bicyclic) bond motifs is 2. The Kier molecular flexibility index (Phi) is 4.29. The topological polar surface area (TPSA) is 111 Å². The van der Waals surface area contributed by atoms with Crippen molar-refractivity contribution in [1.29, 1.82) is 0 Å². The molecule has 1 aliphatic heterocycles. The van der Waals surface area contributed by atoms with E-state index in [4.69, 9.17) is 9.15 Å². The van der Waals surface area contributed by atoms with Crippen LogP contribution in [0.15, 0.2) is 50.5 Å². The lowest BCUT2D eigenvalue weighted by atomic mass is 10.0. The smallest absolute Gasteiger partial charge is 0.419 e. The van der Waals surface area contributed by atoms with Gasteiger partial charge in [-0.25, -0.2) is 17.9 Å². The molecule has 8 nitrogen and oxygen atoms in total. The first-order valence-corrected chi connectivity index (χ1v) is 9.86. The average Bonchev–Trinajstić information content (AvgIpc) is 3.23. The number of aliphatic hydroxyl groups excluding tert-OH is 1. The average molecular weight is 390 g/mol. The highest BCUT2D eigenvalue weighted by Gasteiger charge is 2.20. The van der Waals surface area contributed by atoms with Crippen LogP contribution in [0, 0.1) is 0 Å². The number of ether oxygens (including phenoxy) is 1. The zero-order chi connectivity index (χ0) is 19.2. The predicted octanol–water partition coefficient (Wildman–Crippen LogP) is 1.08. The fourth-order valence-corrected chi connectivity index (χ4v) is 4.14. The second kappa shape index (κ2) is 6.52. The lowest BCUT2D eigenvalue weighted by Gasteiger charge is -2.14. The van der Waals surface area contributed by atoms with E-state index in [1.54, 1.807) is 12.1 Å². The van der Waals surface area contributed by atoms with Crippen molar-refractivity contribution < 1.29 is 22.7 Å². The first kappa shape index (κ1) is 17.8. The lowest BCUT2D eigenvalue weighted by molar-refractivity contribution is 0.182. The number of sulfonamides is 1. The molecule has 1 aromatic heterocycles. The molecule has 0 bridgehead atoms. The number of hydrogen-bond donors (Lipinski definition) is 2. The van der Waals surface area contributed by atoms with Gasteiger partial charge in [0.15, 0.2) is 5.58 Å². The number of aliphatic hydroxyl groups is 1. The van der Waals surface area contributed by atoms with Crippen LogP contribution in [0.2, 0.25) is 0 Å². The summed E-state index contributed by atoms with van der Waals surface area (Å²) in [5.41, 5.74) is 2.30. The number of aromatic nitrogens is 1. The summed E-state index contributed by atoms with van der Waals surface area (Å²) >= 11 is 0. The molecule has 0 fully saturated rings. The van der Waals surface area contributed by atoms with Gasteiger partial charge in [-0.1, -0.05) is 6.07 Å². The fourth-order valence-electron chi connectivity index (χ4n) is 3.08. The first-order chi connectivity index (χ1) is 12.8. The van der Waals surface area contributed by atoms with Crippen LogP contribution < -0.4 is 15.2 Å². The Balaban J connectivity index is 1.53. The van der Waals surface area contributed by atoms with Crippen molar-refractivity contribution >= 4 is 21.1 Å². The van der Waals surface area contributed by atoms with Gasteiger partial charge in [0.1, 0.15) is 5.75 Å². The molecule has 3 aromatic rings. The van der Waals surface area contributed by atoms with Crippen LogP contribution in [0.25, 0.3) is 11.1 Å². The molecule has 1 aliphatic rings. The summed E-state index contributed by atoms with van der Waals surface area (Å²) in [5, 5.41) is 10.4. The lowest BCUT2D eigenvalue weighted by Crippen LogP contribution is -2.28. The molecule has 0 amide bonds. The van der Waals surface area contributed by atoms with Crippen LogP contribution in [0.1, 0.15) is 17.2 Å². The third kappa shape index (κ3) is 3.25. The quantitative estimate of drug-likeness (QED) is 0.674. The molecule has 2 aromatic carbocycles. The Morgan fingerprint density at radius 2 is 2.07 bits per heavy atom. The maximum atomic E-state index is 12.6. The number of oxazole rings is 1. The van der Waals surface area contributed by atoms with Crippen molar-refractivity contribution in [1.82, 2.24) is 9.29 Å². The van der Waals surface area contributed by atoms with E-state index in [0.29, 0.717) is 23.3 Å². The van der Waals surface area contributed by atoms with Gasteiger partial charge in [0.25, 0.3) is 0 Å². The monoisotopic (exact) mass is 390 g/mol. The molecule has 0 radical (unpaired) electrons. The molecule has 1 atom stereocenters. The van der Waals surface area contributed by atoms with Crippen LogP contribution in [-0.2, 0) is 23.5 Å². The van der Waals surface area contributed by atoms with Gasteiger partial charge in [-0.05, 0) is 41.5 Å². The highest BCUT2D eigenvalue weighted by atomic mass is 32.2. The van der Waals surface area contributed by atoms with E-state index in [2.05, 4.69) is 4.72 Å². The van der Waals surface area contributed by atoms with Crippen molar-refractivity contribution in [2.75, 3.05) is 13.2 Å². The number of benzene rings is 2. The molecule has 0 saturated heterocycles. The minimum absolute atomic E-state index is 0.0130. The highest BCUT2D eigenvalue weighted by Crippen LogP contribution is 2.28. The molecule has 4 rings (SSSR count). The molecule has 27 heavy (non-hydrogen) atoms. The van der Waals surface area contributed by atoms with E-state index in [9.17, 15) is 18.3 Å². The third-order valence-electron chi connectivity index (χ3n) is 4.64. The van der Waals surface area contributed by atoms with Crippen molar-refractivity contribution in [3.8, 4) is 5.75 Å². The number of hydrogen-bond acceptors (Lipinski definition) is 6. The molecule has 142 valence electrons. The van der Waals surface area contributed by atoms with Gasteiger partial charge >= 0.3 is 5.76 Å². The Labute approximate surface area is 155 Å². The minimum atomic E-state index is -3.87. The number of nitrogens with zero attached hydrogens (tertiary/aromatic N) is 1. The maximum Gasteiger partial charge on any atom is 0.419 e. The van der Waals surface area contributed by atoms with E-state index >= 15 is 0 Å². The Morgan fingerprint density at radius 1 is 1.26 bits per heavy atom. The van der Waals surface area contributed by atoms with E-state index in [1.807, 2.05) is 6.07 Å². The van der Waals surface area contributed by atoms with Crippen molar-refractivity contribution in [3.63, 3.8) is 0 Å². The third-order valence-corrected chi connectivity index (χ3v) is 6.06. The van der Waals surface area contributed by atoms with Crippen LogP contribution in [0.3, 0.4) is 0 Å². The SMILES string of the molecule is Cn1c(=O)oc2ccc(S(=O)(=O)NC[C@H](O)c3ccc4c(c3)CCO4)cc21. The van der Waals surface area contributed by atoms with Crippen LogP contribution in [0.5, 0.6) is 5.75 Å². The summed E-state index contributed by atoms with van der Waals surface area (Å²) in [6.07, 6.45) is -0.224. The predicted molar refractivity (Wildman–Crippen MR) is 97.2 cm³/mol. The second-order valence-electron chi connectivity index (χ2n) is 6.39. The van der Waals surface area contributed by atoms with Crippen LogP contribution >= 0.6 is 0 Å². The Morgan fingerprint density at radius 3 is 2.89 bits per heavy atom. The normalized spacial score (nSPS) is 14.9. The van der Waals surface area contributed by atoms with Crippen molar-refractivity contribution in [3.05, 3.63) is 58.1 Å². The van der Waals surface area contributed by atoms with Gasteiger partial charge in [-0.15, -0.1) is 0 Å². The molecule has 0 aliphatic carbocycles. The molecule has 9 heteroatoms. The van der Waals surface area contributed by atoms with Gasteiger partial charge in [0.2, 0.25) is 10.0 Å². The van der Waals surface area contributed by atoms with Gasteiger partial charge in [0, 0.05) is 20.0 Å². The maximum absolute atomic E-state index is 12.6. The minimum Gasteiger partial charge on any atom is -0.493 e. The highest BCUT2D eigenvalue weighted by molar-refractivity contribution is 7.89. The molecule has 0 unspecified atom stereocenters. The Bertz CT molecular complexity index is 1180. The second-order valence-corrected chi connectivity index (χ2v) is 8.16. The summed E-state index contributed by atoms with van der Waals surface area (Å²) in [4.78, 5) is 11.5. The zero-order valence-corrected chi connectivity index (χ0v) is 15.3.